The molecule has 0 aliphatic heterocycles. The topological polar surface area (TPSA) is 54.5 Å². The molecule has 4 nitrogen and oxygen atoms in total. The first kappa shape index (κ1) is 12.4. The zero-order valence-corrected chi connectivity index (χ0v) is 13.0. The minimum atomic E-state index is -0.256. The van der Waals surface area contributed by atoms with Crippen molar-refractivity contribution in [3.8, 4) is 11.9 Å². The number of thiazole rings is 1. The Kier molecular flexibility index (Phi) is 2.12. The first-order valence-corrected chi connectivity index (χ1v) is 8.38. The van der Waals surface area contributed by atoms with Gasteiger partial charge in [-0.3, -0.25) is 0 Å². The van der Waals surface area contributed by atoms with Crippen LogP contribution in [0, 0.1) is 23.7 Å². The van der Waals surface area contributed by atoms with E-state index in [2.05, 4.69) is 34.4 Å². The second-order valence-corrected chi connectivity index (χ2v) is 7.59. The molecule has 0 saturated heterocycles. The maximum Gasteiger partial charge on any atom is 0.165 e. The minimum absolute atomic E-state index is 0.256. The van der Waals surface area contributed by atoms with Crippen molar-refractivity contribution in [2.75, 3.05) is 0 Å². The smallest absolute Gasteiger partial charge is 0.165 e. The van der Waals surface area contributed by atoms with Crippen LogP contribution in [0.15, 0.2) is 29.8 Å². The molecule has 2 aromatic heterocycles. The summed E-state index contributed by atoms with van der Waals surface area (Å²) in [4.78, 5) is 4.53. The highest BCUT2D eigenvalue weighted by molar-refractivity contribution is 7.09. The van der Waals surface area contributed by atoms with Gasteiger partial charge in [0.15, 0.2) is 5.82 Å². The monoisotopic (exact) mass is 306 g/mol. The second-order valence-electron chi connectivity index (χ2n) is 6.53. The predicted molar refractivity (Wildman–Crippen MR) is 85.1 cm³/mol. The van der Waals surface area contributed by atoms with Crippen molar-refractivity contribution in [3.05, 3.63) is 40.3 Å². The van der Waals surface area contributed by atoms with E-state index >= 15 is 0 Å². The van der Waals surface area contributed by atoms with Crippen LogP contribution in [0.3, 0.4) is 0 Å². The molecule has 1 atom stereocenters. The molecule has 22 heavy (non-hydrogen) atoms. The van der Waals surface area contributed by atoms with Gasteiger partial charge in [0.25, 0.3) is 0 Å². The average molecular weight is 306 g/mol. The Bertz CT molecular complexity index is 957. The van der Waals surface area contributed by atoms with Crippen LogP contribution in [0.1, 0.15) is 29.8 Å². The fraction of sp³-hybridized carbons (Fsp3) is 0.353. The van der Waals surface area contributed by atoms with Crippen LogP contribution in [0.4, 0.5) is 0 Å². The summed E-state index contributed by atoms with van der Waals surface area (Å²) in [5, 5.41) is 18.3. The number of hydrogen-bond acceptors (Lipinski definition) is 4. The number of nitriles is 1. The Morgan fingerprint density at radius 2 is 2.23 bits per heavy atom. The molecule has 5 heteroatoms. The molecule has 0 amide bonds. The zero-order valence-electron chi connectivity index (χ0n) is 12.2. The van der Waals surface area contributed by atoms with Gasteiger partial charge in [-0.15, -0.1) is 11.3 Å². The molecule has 0 radical (unpaired) electrons. The highest BCUT2D eigenvalue weighted by Crippen LogP contribution is 2.78. The maximum atomic E-state index is 9.71. The van der Waals surface area contributed by atoms with E-state index in [1.54, 1.807) is 11.3 Å². The summed E-state index contributed by atoms with van der Waals surface area (Å²) in [5.74, 6) is 0.859. The first-order chi connectivity index (χ1) is 10.7. The lowest BCUT2D eigenvalue weighted by Crippen LogP contribution is -2.07. The summed E-state index contributed by atoms with van der Waals surface area (Å²) < 4.78 is 1.88. The summed E-state index contributed by atoms with van der Waals surface area (Å²) in [5.41, 5.74) is 2.22. The van der Waals surface area contributed by atoms with Crippen LogP contribution >= 0.6 is 11.3 Å². The molecule has 1 spiro atoms. The second kappa shape index (κ2) is 3.76. The van der Waals surface area contributed by atoms with Gasteiger partial charge in [-0.1, -0.05) is 12.1 Å². The van der Waals surface area contributed by atoms with E-state index in [0.717, 1.165) is 33.7 Å². The molecule has 1 unspecified atom stereocenters. The summed E-state index contributed by atoms with van der Waals surface area (Å²) in [6.45, 7) is 2.00. The molecule has 0 bridgehead atoms. The lowest BCUT2D eigenvalue weighted by molar-refractivity contribution is 0.738. The number of nitrogens with zero attached hydrogens (tertiary/aromatic N) is 4. The molecule has 5 rings (SSSR count). The van der Waals surface area contributed by atoms with E-state index in [1.807, 2.05) is 23.2 Å². The number of aromatic nitrogens is 3. The third-order valence-electron chi connectivity index (χ3n) is 5.32. The van der Waals surface area contributed by atoms with Gasteiger partial charge in [0.2, 0.25) is 0 Å². The van der Waals surface area contributed by atoms with Crippen molar-refractivity contribution in [3.63, 3.8) is 0 Å². The number of rotatable bonds is 2. The predicted octanol–water partition coefficient (Wildman–Crippen LogP) is 3.74. The Morgan fingerprint density at radius 1 is 1.36 bits per heavy atom. The van der Waals surface area contributed by atoms with Gasteiger partial charge in [-0.05, 0) is 43.2 Å². The highest BCUT2D eigenvalue weighted by Gasteiger charge is 2.75. The van der Waals surface area contributed by atoms with E-state index in [-0.39, 0.29) is 10.8 Å². The van der Waals surface area contributed by atoms with Crippen LogP contribution in [-0.2, 0) is 5.41 Å². The Morgan fingerprint density at radius 3 is 2.86 bits per heavy atom. The van der Waals surface area contributed by atoms with Crippen molar-refractivity contribution < 1.29 is 0 Å². The van der Waals surface area contributed by atoms with Crippen molar-refractivity contribution in [1.82, 2.24) is 14.8 Å². The summed E-state index contributed by atoms with van der Waals surface area (Å²) in [6, 6.07) is 8.94. The Hall–Kier alpha value is -2.19. The summed E-state index contributed by atoms with van der Waals surface area (Å²) >= 11 is 1.62. The van der Waals surface area contributed by atoms with Gasteiger partial charge in [0.1, 0.15) is 0 Å². The lowest BCUT2D eigenvalue weighted by atomic mass is 9.93. The van der Waals surface area contributed by atoms with Crippen LogP contribution in [0.25, 0.3) is 16.7 Å². The molecule has 2 fully saturated rings. The average Bonchev–Trinajstić information content (AvgIpc) is 3.32. The van der Waals surface area contributed by atoms with Gasteiger partial charge < -0.3 is 0 Å². The van der Waals surface area contributed by atoms with Gasteiger partial charge in [0.05, 0.1) is 28.2 Å². The van der Waals surface area contributed by atoms with E-state index in [4.69, 9.17) is 0 Å². The summed E-state index contributed by atoms with van der Waals surface area (Å²) in [6.07, 6.45) is 5.28. The van der Waals surface area contributed by atoms with Gasteiger partial charge >= 0.3 is 0 Å². The minimum Gasteiger partial charge on any atom is -0.222 e. The van der Waals surface area contributed by atoms with Crippen molar-refractivity contribution in [2.24, 2.45) is 5.41 Å². The molecular formula is C17H14N4S. The molecular weight excluding hydrogens is 292 g/mol. The maximum absolute atomic E-state index is 9.71. The molecule has 2 aliphatic rings. The largest absolute Gasteiger partial charge is 0.222 e. The Labute approximate surface area is 132 Å². The normalized spacial score (nSPS) is 24.5. The van der Waals surface area contributed by atoms with E-state index in [0.29, 0.717) is 0 Å². The number of hydrogen-bond donors (Lipinski definition) is 0. The molecule has 2 aliphatic carbocycles. The quantitative estimate of drug-likeness (QED) is 0.725. The van der Waals surface area contributed by atoms with Crippen LogP contribution in [-0.4, -0.2) is 14.8 Å². The van der Waals surface area contributed by atoms with Crippen molar-refractivity contribution >= 4 is 22.2 Å². The van der Waals surface area contributed by atoms with E-state index < -0.39 is 0 Å². The zero-order chi connectivity index (χ0) is 14.9. The molecule has 0 N–H and O–H groups in total. The standard InChI is InChI=1S/C17H14N4S/c1-11-20-15(8-22-11)21-14-6-13(3-2-12(14)7-19-21)17(10-18)9-16(17)4-5-16/h2-3,6-8H,4-5,9H2,1H3. The summed E-state index contributed by atoms with van der Waals surface area (Å²) in [7, 11) is 0. The van der Waals surface area contributed by atoms with Gasteiger partial charge in [-0.25, -0.2) is 9.67 Å². The van der Waals surface area contributed by atoms with Crippen LogP contribution < -0.4 is 0 Å². The third kappa shape index (κ3) is 1.41. The Balaban J connectivity index is 1.69. The fourth-order valence-electron chi connectivity index (χ4n) is 3.76. The van der Waals surface area contributed by atoms with Gasteiger partial charge in [-0.2, -0.15) is 10.4 Å². The number of benzene rings is 1. The molecule has 1 aromatic carbocycles. The SMILES string of the molecule is Cc1nc(-n2ncc3ccc(C4(C#N)CC45CC5)cc32)cs1. The molecule has 2 saturated carbocycles. The van der Waals surface area contributed by atoms with E-state index in [9.17, 15) is 5.26 Å². The first-order valence-electron chi connectivity index (χ1n) is 7.50. The highest BCUT2D eigenvalue weighted by atomic mass is 32.1. The van der Waals surface area contributed by atoms with Crippen LogP contribution in [0.2, 0.25) is 0 Å². The van der Waals surface area contributed by atoms with Crippen LogP contribution in [0.5, 0.6) is 0 Å². The van der Waals surface area contributed by atoms with Gasteiger partial charge in [0, 0.05) is 10.8 Å². The fourth-order valence-corrected chi connectivity index (χ4v) is 4.34. The molecule has 3 aromatic rings. The van der Waals surface area contributed by atoms with Crippen molar-refractivity contribution in [2.45, 2.75) is 31.6 Å². The number of aryl methyl sites for hydroxylation is 1. The lowest BCUT2D eigenvalue weighted by Gasteiger charge is -2.09. The van der Waals surface area contributed by atoms with Crippen molar-refractivity contribution in [1.29, 1.82) is 5.26 Å². The third-order valence-corrected chi connectivity index (χ3v) is 6.08. The molecule has 2 heterocycles. The van der Waals surface area contributed by atoms with E-state index in [1.165, 1.54) is 12.8 Å². The number of fused-ring (bicyclic) bond motifs is 1. The molecule has 108 valence electrons.